The molecule has 11 heteroatoms. The van der Waals surface area contributed by atoms with Gasteiger partial charge in [0.15, 0.2) is 17.4 Å². The Morgan fingerprint density at radius 2 is 1.85 bits per heavy atom. The maximum Gasteiger partial charge on any atom is 0.258 e. The first kappa shape index (κ1) is 25.6. The van der Waals surface area contributed by atoms with Gasteiger partial charge in [0.2, 0.25) is 0 Å². The fourth-order valence-electron chi connectivity index (χ4n) is 3.06. The van der Waals surface area contributed by atoms with Gasteiger partial charge in [-0.05, 0) is 37.6 Å². The molecular formula is C23H32N6O4S. The van der Waals surface area contributed by atoms with Crippen LogP contribution < -0.4 is 20.1 Å². The Morgan fingerprint density at radius 1 is 1.09 bits per heavy atom. The number of carbonyl (C=O) groups excluding carboxylic acids is 1. The lowest BCUT2D eigenvalue weighted by atomic mass is 10.3. The van der Waals surface area contributed by atoms with E-state index < -0.39 is 0 Å². The molecule has 0 saturated carbocycles. The fourth-order valence-corrected chi connectivity index (χ4v) is 3.76. The van der Waals surface area contributed by atoms with Crippen molar-refractivity contribution in [3.8, 4) is 11.5 Å². The number of nitrogens with one attached hydrogen (secondary N) is 2. The summed E-state index contributed by atoms with van der Waals surface area (Å²) in [6.07, 6.45) is 2.78. The van der Waals surface area contributed by atoms with Crippen LogP contribution in [0, 0.1) is 0 Å². The van der Waals surface area contributed by atoms with Crippen LogP contribution in [0.25, 0.3) is 11.0 Å². The molecule has 0 atom stereocenters. The molecule has 2 N–H and O–H groups in total. The van der Waals surface area contributed by atoms with Crippen molar-refractivity contribution < 1.29 is 19.0 Å². The highest BCUT2D eigenvalue weighted by Crippen LogP contribution is 2.24. The van der Waals surface area contributed by atoms with E-state index in [1.165, 1.54) is 0 Å². The number of hydrogen-bond donors (Lipinski definition) is 2. The maximum absolute atomic E-state index is 12.2. The van der Waals surface area contributed by atoms with Gasteiger partial charge in [0.25, 0.3) is 5.91 Å². The third-order valence-corrected chi connectivity index (χ3v) is 5.71. The van der Waals surface area contributed by atoms with Gasteiger partial charge < -0.3 is 24.8 Å². The number of thioether (sulfide) groups is 1. The first-order valence-electron chi connectivity index (χ1n) is 11.4. The molecule has 3 aromatic rings. The smallest absolute Gasteiger partial charge is 0.258 e. The lowest BCUT2D eigenvalue weighted by molar-refractivity contribution is -0.123. The maximum atomic E-state index is 12.2. The van der Waals surface area contributed by atoms with Crippen molar-refractivity contribution in [1.82, 2.24) is 25.1 Å². The van der Waals surface area contributed by atoms with Crippen LogP contribution in [-0.4, -0.2) is 71.4 Å². The third-order valence-electron chi connectivity index (χ3n) is 4.66. The van der Waals surface area contributed by atoms with E-state index in [-0.39, 0.29) is 12.5 Å². The number of methoxy groups -OCH3 is 1. The van der Waals surface area contributed by atoms with E-state index in [9.17, 15) is 4.79 Å². The number of rotatable bonds is 15. The van der Waals surface area contributed by atoms with Gasteiger partial charge in [-0.1, -0.05) is 18.7 Å². The average molecular weight is 489 g/mol. The summed E-state index contributed by atoms with van der Waals surface area (Å²) < 4.78 is 17.9. The highest BCUT2D eigenvalue weighted by atomic mass is 32.2. The molecule has 0 aliphatic rings. The zero-order valence-electron chi connectivity index (χ0n) is 19.9. The zero-order chi connectivity index (χ0) is 24.2. The molecule has 0 unspecified atom stereocenters. The summed E-state index contributed by atoms with van der Waals surface area (Å²) >= 11 is 1.61. The minimum absolute atomic E-state index is 0.0681. The van der Waals surface area contributed by atoms with Crippen molar-refractivity contribution >= 4 is 34.5 Å². The number of fused-ring (bicyclic) bond motifs is 1. The minimum atomic E-state index is -0.207. The van der Waals surface area contributed by atoms with E-state index in [4.69, 9.17) is 14.2 Å². The molecule has 0 radical (unpaired) electrons. The molecule has 0 fully saturated rings. The predicted molar refractivity (Wildman–Crippen MR) is 133 cm³/mol. The van der Waals surface area contributed by atoms with Gasteiger partial charge in [-0.2, -0.15) is 5.10 Å². The molecule has 0 saturated heterocycles. The van der Waals surface area contributed by atoms with Gasteiger partial charge in [-0.3, -0.25) is 4.79 Å². The zero-order valence-corrected chi connectivity index (χ0v) is 20.7. The van der Waals surface area contributed by atoms with Crippen molar-refractivity contribution in [3.05, 3.63) is 30.5 Å². The van der Waals surface area contributed by atoms with Gasteiger partial charge >= 0.3 is 0 Å². The average Bonchev–Trinajstić information content (AvgIpc) is 3.25. The summed E-state index contributed by atoms with van der Waals surface area (Å²) in [7, 11) is 1.66. The Balaban J connectivity index is 1.56. The molecule has 10 nitrogen and oxygen atoms in total. The molecule has 2 heterocycles. The minimum Gasteiger partial charge on any atom is -0.494 e. The number of benzene rings is 1. The molecular weight excluding hydrogens is 456 g/mol. The second-order valence-corrected chi connectivity index (χ2v) is 8.33. The lowest BCUT2D eigenvalue weighted by Gasteiger charge is -2.10. The quantitative estimate of drug-likeness (QED) is 0.189. The second-order valence-electron chi connectivity index (χ2n) is 7.27. The van der Waals surface area contributed by atoms with E-state index in [2.05, 4.69) is 32.6 Å². The molecule has 0 bridgehead atoms. The molecule has 2 aromatic heterocycles. The molecule has 34 heavy (non-hydrogen) atoms. The largest absolute Gasteiger partial charge is 0.494 e. The number of anilines is 1. The fraction of sp³-hybridized carbons (Fsp3) is 0.478. The van der Waals surface area contributed by atoms with Crippen LogP contribution in [0.2, 0.25) is 0 Å². The van der Waals surface area contributed by atoms with Crippen LogP contribution in [0.1, 0.15) is 20.3 Å². The highest BCUT2D eigenvalue weighted by molar-refractivity contribution is 7.99. The summed E-state index contributed by atoms with van der Waals surface area (Å²) in [5.41, 5.74) is 0.730. The normalized spacial score (nSPS) is 10.9. The van der Waals surface area contributed by atoms with E-state index in [1.54, 1.807) is 41.9 Å². The van der Waals surface area contributed by atoms with E-state index >= 15 is 0 Å². The Kier molecular flexibility index (Phi) is 10.2. The van der Waals surface area contributed by atoms with Crippen LogP contribution >= 0.6 is 11.8 Å². The number of hydrogen-bond acceptors (Lipinski definition) is 9. The van der Waals surface area contributed by atoms with Gasteiger partial charge in [-0.25, -0.2) is 14.6 Å². The monoisotopic (exact) mass is 488 g/mol. The molecule has 3 rings (SSSR count). The van der Waals surface area contributed by atoms with Crippen LogP contribution in [0.15, 0.2) is 35.6 Å². The summed E-state index contributed by atoms with van der Waals surface area (Å²) in [6, 6.07) is 7.18. The molecule has 0 aliphatic heterocycles. The standard InChI is InChI=1S/C23H32N6O4S/c1-4-14-34-23-27-21(25-11-13-31-3)19-15-26-29(22(19)28-23)12-10-24-20(30)16-33-18-8-6-17(7-9-18)32-5-2/h6-9,15H,4-5,10-14,16H2,1-3H3,(H,24,30)(H,25,27,28). The summed E-state index contributed by atoms with van der Waals surface area (Å²) in [5, 5.41) is 12.2. The molecule has 0 aliphatic carbocycles. The summed E-state index contributed by atoms with van der Waals surface area (Å²) in [5.74, 6) is 2.84. The first-order valence-corrected chi connectivity index (χ1v) is 12.3. The molecule has 1 amide bonds. The predicted octanol–water partition coefficient (Wildman–Crippen LogP) is 2.98. The SMILES string of the molecule is CCCSc1nc(NCCOC)c2cnn(CCNC(=O)COc3ccc(OCC)cc3)c2n1. The number of ether oxygens (including phenoxy) is 3. The van der Waals surface area contributed by atoms with E-state index in [0.717, 1.165) is 34.8 Å². The van der Waals surface area contributed by atoms with Crippen LogP contribution in [0.4, 0.5) is 5.82 Å². The number of carbonyl (C=O) groups is 1. The van der Waals surface area contributed by atoms with E-state index in [0.29, 0.717) is 43.8 Å². The highest BCUT2D eigenvalue weighted by Gasteiger charge is 2.13. The Bertz CT molecular complexity index is 1040. The van der Waals surface area contributed by atoms with Gasteiger partial charge in [0.05, 0.1) is 31.3 Å². The Labute approximate surface area is 203 Å². The van der Waals surface area contributed by atoms with Gasteiger partial charge in [0, 0.05) is 26.0 Å². The van der Waals surface area contributed by atoms with Crippen LogP contribution in [-0.2, 0) is 16.1 Å². The number of nitrogens with zero attached hydrogens (tertiary/aromatic N) is 4. The van der Waals surface area contributed by atoms with Gasteiger partial charge in [-0.15, -0.1) is 0 Å². The van der Waals surface area contributed by atoms with Crippen molar-refractivity contribution in [2.24, 2.45) is 0 Å². The van der Waals surface area contributed by atoms with Crippen molar-refractivity contribution in [2.75, 3.05) is 51.1 Å². The first-order chi connectivity index (χ1) is 16.6. The number of aromatic nitrogens is 4. The van der Waals surface area contributed by atoms with Crippen molar-refractivity contribution in [1.29, 1.82) is 0 Å². The van der Waals surface area contributed by atoms with Gasteiger partial charge in [0.1, 0.15) is 17.3 Å². The second kappa shape index (κ2) is 13.6. The van der Waals surface area contributed by atoms with Crippen LogP contribution in [0.5, 0.6) is 11.5 Å². The summed E-state index contributed by atoms with van der Waals surface area (Å²) in [4.78, 5) is 21.5. The Hall–Kier alpha value is -3.05. The number of amides is 1. The van der Waals surface area contributed by atoms with Crippen molar-refractivity contribution in [3.63, 3.8) is 0 Å². The third kappa shape index (κ3) is 7.49. The lowest BCUT2D eigenvalue weighted by Crippen LogP contribution is -2.31. The van der Waals surface area contributed by atoms with E-state index in [1.807, 2.05) is 19.1 Å². The Morgan fingerprint density at radius 3 is 2.56 bits per heavy atom. The molecule has 1 aromatic carbocycles. The molecule has 0 spiro atoms. The van der Waals surface area contributed by atoms with Crippen molar-refractivity contribution in [2.45, 2.75) is 32.0 Å². The van der Waals surface area contributed by atoms with Crippen LogP contribution in [0.3, 0.4) is 0 Å². The topological polar surface area (TPSA) is 112 Å². The summed E-state index contributed by atoms with van der Waals surface area (Å²) in [6.45, 7) is 6.66. The molecule has 184 valence electrons.